The van der Waals surface area contributed by atoms with Crippen molar-refractivity contribution < 1.29 is 4.79 Å². The molecule has 26 heavy (non-hydrogen) atoms. The van der Waals surface area contributed by atoms with E-state index in [1.165, 1.54) is 6.33 Å². The number of fused-ring (bicyclic) bond motifs is 1. The van der Waals surface area contributed by atoms with Crippen LogP contribution in [0.2, 0.25) is 0 Å². The van der Waals surface area contributed by atoms with Gasteiger partial charge in [0.15, 0.2) is 5.65 Å². The monoisotopic (exact) mass is 345 g/mol. The number of carbonyl (C=O) groups excluding carboxylic acids is 1. The molecule has 0 aliphatic heterocycles. The fourth-order valence-corrected chi connectivity index (χ4v) is 2.53. The average Bonchev–Trinajstić information content (AvgIpc) is 3.12. The summed E-state index contributed by atoms with van der Waals surface area (Å²) >= 11 is 0. The first-order valence-corrected chi connectivity index (χ1v) is 8.00. The van der Waals surface area contributed by atoms with Crippen molar-refractivity contribution in [1.29, 1.82) is 0 Å². The van der Waals surface area contributed by atoms with Crippen molar-refractivity contribution in [2.24, 2.45) is 0 Å². The first kappa shape index (κ1) is 15.7. The van der Waals surface area contributed by atoms with Crippen molar-refractivity contribution in [3.05, 3.63) is 67.3 Å². The molecule has 0 saturated carbocycles. The summed E-state index contributed by atoms with van der Waals surface area (Å²) in [4.78, 5) is 24.7. The molecule has 1 aromatic carbocycles. The Morgan fingerprint density at radius 1 is 1.00 bits per heavy atom. The van der Waals surface area contributed by atoms with E-state index in [1.54, 1.807) is 29.2 Å². The molecule has 0 radical (unpaired) electrons. The van der Waals surface area contributed by atoms with Gasteiger partial charge in [0.2, 0.25) is 5.91 Å². The second-order valence-electron chi connectivity index (χ2n) is 5.47. The third-order valence-electron chi connectivity index (χ3n) is 3.72. The van der Waals surface area contributed by atoms with Crippen LogP contribution in [-0.2, 0) is 4.79 Å². The summed E-state index contributed by atoms with van der Waals surface area (Å²) in [5.41, 5.74) is 1.57. The molecule has 3 aromatic heterocycles. The number of amides is 1. The molecule has 128 valence electrons. The van der Waals surface area contributed by atoms with Crippen LogP contribution in [0.1, 0.15) is 0 Å². The number of nitrogens with one attached hydrogen (secondary N) is 2. The van der Waals surface area contributed by atoms with Gasteiger partial charge >= 0.3 is 0 Å². The Labute approximate surface area is 148 Å². The fourth-order valence-electron chi connectivity index (χ4n) is 2.53. The largest absolute Gasteiger partial charge is 0.360 e. The summed E-state index contributed by atoms with van der Waals surface area (Å²) in [7, 11) is 0. The second kappa shape index (κ2) is 6.98. The van der Waals surface area contributed by atoms with Crippen molar-refractivity contribution in [2.45, 2.75) is 0 Å². The molecule has 0 saturated heterocycles. The van der Waals surface area contributed by atoms with Crippen molar-refractivity contribution in [1.82, 2.24) is 24.7 Å². The Bertz CT molecular complexity index is 1030. The highest BCUT2D eigenvalue weighted by molar-refractivity contribution is 5.94. The van der Waals surface area contributed by atoms with Crippen LogP contribution >= 0.6 is 0 Å². The van der Waals surface area contributed by atoms with Crippen molar-refractivity contribution in [3.8, 4) is 5.69 Å². The molecule has 0 aliphatic carbocycles. The maximum Gasteiger partial charge on any atom is 0.244 e. The van der Waals surface area contributed by atoms with Gasteiger partial charge in [-0.05, 0) is 24.3 Å². The minimum absolute atomic E-state index is 0.0548. The zero-order chi connectivity index (χ0) is 17.8. The van der Waals surface area contributed by atoms with Crippen molar-refractivity contribution in [2.75, 3.05) is 17.2 Å². The molecule has 0 fully saturated rings. The van der Waals surface area contributed by atoms with E-state index in [4.69, 9.17) is 0 Å². The normalized spacial score (nSPS) is 10.6. The van der Waals surface area contributed by atoms with E-state index in [-0.39, 0.29) is 12.5 Å². The molecule has 3 heterocycles. The molecule has 8 nitrogen and oxygen atoms in total. The molecular formula is C18H15N7O. The molecule has 0 aliphatic rings. The zero-order valence-corrected chi connectivity index (χ0v) is 13.7. The number of carbonyl (C=O) groups is 1. The number of para-hydroxylation sites is 1. The molecule has 4 rings (SSSR count). The lowest BCUT2D eigenvalue weighted by Crippen LogP contribution is -2.22. The smallest absolute Gasteiger partial charge is 0.244 e. The number of rotatable bonds is 5. The number of pyridine rings is 1. The van der Waals surface area contributed by atoms with Gasteiger partial charge in [-0.25, -0.2) is 19.6 Å². The Hall–Kier alpha value is -3.81. The van der Waals surface area contributed by atoms with Gasteiger partial charge in [-0.3, -0.25) is 4.79 Å². The number of hydrogen-bond acceptors (Lipinski definition) is 6. The molecule has 0 unspecified atom stereocenters. The van der Waals surface area contributed by atoms with Crippen LogP contribution in [0.25, 0.3) is 16.7 Å². The molecule has 0 spiro atoms. The first-order valence-electron chi connectivity index (χ1n) is 8.00. The average molecular weight is 345 g/mol. The molecular weight excluding hydrogens is 330 g/mol. The quantitative estimate of drug-likeness (QED) is 0.576. The minimum atomic E-state index is -0.217. The summed E-state index contributed by atoms with van der Waals surface area (Å²) in [6.07, 6.45) is 4.75. The third-order valence-corrected chi connectivity index (χ3v) is 3.72. The molecule has 0 bridgehead atoms. The summed E-state index contributed by atoms with van der Waals surface area (Å²) in [6.45, 7) is 0.0548. The maximum absolute atomic E-state index is 12.1. The number of benzene rings is 1. The van der Waals surface area contributed by atoms with E-state index in [0.717, 1.165) is 11.1 Å². The van der Waals surface area contributed by atoms with E-state index in [1.807, 2.05) is 36.4 Å². The lowest BCUT2D eigenvalue weighted by atomic mass is 10.3. The van der Waals surface area contributed by atoms with E-state index in [2.05, 4.69) is 30.7 Å². The van der Waals surface area contributed by atoms with Gasteiger partial charge in [-0.15, -0.1) is 0 Å². The molecule has 0 atom stereocenters. The third kappa shape index (κ3) is 3.20. The van der Waals surface area contributed by atoms with E-state index in [0.29, 0.717) is 17.3 Å². The fraction of sp³-hybridized carbons (Fsp3) is 0.0556. The SMILES string of the molecule is O=C(CNc1ncnc2c1cnn2-c1ccccc1)Nc1ccccn1. The Morgan fingerprint density at radius 3 is 2.65 bits per heavy atom. The summed E-state index contributed by atoms with van der Waals surface area (Å²) in [5, 5.41) is 10.9. The van der Waals surface area contributed by atoms with Gasteiger partial charge in [-0.2, -0.15) is 5.10 Å². The summed E-state index contributed by atoms with van der Waals surface area (Å²) in [6, 6.07) is 15.0. The first-order chi connectivity index (χ1) is 12.8. The molecule has 8 heteroatoms. The van der Waals surface area contributed by atoms with Gasteiger partial charge in [0.05, 0.1) is 23.8 Å². The highest BCUT2D eigenvalue weighted by Gasteiger charge is 2.12. The van der Waals surface area contributed by atoms with Crippen LogP contribution in [0.4, 0.5) is 11.6 Å². The Balaban J connectivity index is 1.52. The Morgan fingerprint density at radius 2 is 1.85 bits per heavy atom. The molecule has 2 N–H and O–H groups in total. The van der Waals surface area contributed by atoms with Gasteiger partial charge in [-0.1, -0.05) is 24.3 Å². The highest BCUT2D eigenvalue weighted by Crippen LogP contribution is 2.21. The predicted octanol–water partition coefficient (Wildman–Crippen LogP) is 2.26. The summed E-state index contributed by atoms with van der Waals surface area (Å²) < 4.78 is 1.73. The van der Waals surface area contributed by atoms with Crippen LogP contribution in [0.5, 0.6) is 0 Å². The van der Waals surface area contributed by atoms with E-state index >= 15 is 0 Å². The molecule has 4 aromatic rings. The number of aromatic nitrogens is 5. The standard InChI is InChI=1S/C18H15N7O/c26-16(24-15-8-4-5-9-19-15)11-20-17-14-10-23-25(18(14)22-12-21-17)13-6-2-1-3-7-13/h1-10,12H,11H2,(H,19,24,26)(H,20,21,22). The number of anilines is 2. The summed E-state index contributed by atoms with van der Waals surface area (Å²) in [5.74, 6) is 0.836. The lowest BCUT2D eigenvalue weighted by molar-refractivity contribution is -0.114. The van der Waals surface area contributed by atoms with Crippen molar-refractivity contribution in [3.63, 3.8) is 0 Å². The number of nitrogens with zero attached hydrogens (tertiary/aromatic N) is 5. The van der Waals surface area contributed by atoms with Crippen LogP contribution in [-0.4, -0.2) is 37.2 Å². The second-order valence-corrected chi connectivity index (χ2v) is 5.47. The van der Waals surface area contributed by atoms with Crippen LogP contribution in [0, 0.1) is 0 Å². The lowest BCUT2D eigenvalue weighted by Gasteiger charge is -2.07. The van der Waals surface area contributed by atoms with E-state index < -0.39 is 0 Å². The Kier molecular flexibility index (Phi) is 4.21. The number of hydrogen-bond donors (Lipinski definition) is 2. The zero-order valence-electron chi connectivity index (χ0n) is 13.7. The van der Waals surface area contributed by atoms with Crippen LogP contribution in [0.15, 0.2) is 67.3 Å². The van der Waals surface area contributed by atoms with Crippen LogP contribution < -0.4 is 10.6 Å². The van der Waals surface area contributed by atoms with E-state index in [9.17, 15) is 4.79 Å². The minimum Gasteiger partial charge on any atom is -0.360 e. The topological polar surface area (TPSA) is 97.6 Å². The highest BCUT2D eigenvalue weighted by atomic mass is 16.2. The molecule has 1 amide bonds. The van der Waals surface area contributed by atoms with Crippen LogP contribution in [0.3, 0.4) is 0 Å². The van der Waals surface area contributed by atoms with Gasteiger partial charge in [0.25, 0.3) is 0 Å². The van der Waals surface area contributed by atoms with Gasteiger partial charge in [0.1, 0.15) is 18.0 Å². The predicted molar refractivity (Wildman–Crippen MR) is 98.0 cm³/mol. The maximum atomic E-state index is 12.1. The van der Waals surface area contributed by atoms with Crippen molar-refractivity contribution >= 4 is 28.6 Å². The van der Waals surface area contributed by atoms with Gasteiger partial charge in [0, 0.05) is 6.20 Å². The van der Waals surface area contributed by atoms with Gasteiger partial charge < -0.3 is 10.6 Å².